The summed E-state index contributed by atoms with van der Waals surface area (Å²) in [5.74, 6) is 0.518. The number of carbonyl (C=O) groups is 1. The first-order chi connectivity index (χ1) is 16.4. The fraction of sp³-hybridized carbons (Fsp3) is 0.250. The number of hydrogen-bond acceptors (Lipinski definition) is 7. The molecule has 0 saturated carbocycles. The number of benzene rings is 2. The van der Waals surface area contributed by atoms with E-state index in [0.717, 1.165) is 22.8 Å². The Kier molecular flexibility index (Phi) is 9.12. The third-order valence-corrected chi connectivity index (χ3v) is 6.18. The quantitative estimate of drug-likeness (QED) is 0.176. The van der Waals surface area contributed by atoms with Gasteiger partial charge in [0.05, 0.1) is 18.0 Å². The summed E-state index contributed by atoms with van der Waals surface area (Å²) in [6.07, 6.45) is 3.39. The highest BCUT2D eigenvalue weighted by molar-refractivity contribution is 8.00. The molecule has 0 aliphatic rings. The molecule has 0 radical (unpaired) electrons. The summed E-state index contributed by atoms with van der Waals surface area (Å²) in [4.78, 5) is 14.6. The summed E-state index contributed by atoms with van der Waals surface area (Å²) >= 11 is 7.26. The van der Waals surface area contributed by atoms with Crippen LogP contribution in [-0.2, 0) is 17.9 Å². The summed E-state index contributed by atoms with van der Waals surface area (Å²) in [6, 6.07) is 15.3. The monoisotopic (exact) mass is 497 g/mol. The lowest BCUT2D eigenvalue weighted by Gasteiger charge is -2.12. The van der Waals surface area contributed by atoms with Gasteiger partial charge < -0.3 is 14.8 Å². The molecule has 0 aliphatic carbocycles. The summed E-state index contributed by atoms with van der Waals surface area (Å²) in [6.45, 7) is 6.63. The van der Waals surface area contributed by atoms with Crippen molar-refractivity contribution in [2.24, 2.45) is 5.10 Å². The van der Waals surface area contributed by atoms with Crippen LogP contribution in [0.15, 0.2) is 71.4 Å². The van der Waals surface area contributed by atoms with Gasteiger partial charge in [-0.15, -0.1) is 16.8 Å². The average Bonchev–Trinajstić information content (AvgIpc) is 3.20. The molecule has 178 valence electrons. The average molecular weight is 498 g/mol. The van der Waals surface area contributed by atoms with Gasteiger partial charge in [-0.05, 0) is 48.9 Å². The number of nitrogens with zero attached hydrogens (tertiary/aromatic N) is 5. The lowest BCUT2D eigenvalue weighted by molar-refractivity contribution is -0.120. The van der Waals surface area contributed by atoms with Crippen molar-refractivity contribution in [2.75, 3.05) is 24.3 Å². The zero-order valence-electron chi connectivity index (χ0n) is 19.4. The molecule has 2 aromatic carbocycles. The maximum atomic E-state index is 12.5. The third kappa shape index (κ3) is 7.10. The fourth-order valence-corrected chi connectivity index (χ4v) is 3.93. The van der Waals surface area contributed by atoms with E-state index in [1.54, 1.807) is 19.2 Å². The number of anilines is 2. The highest BCUT2D eigenvalue weighted by atomic mass is 35.5. The van der Waals surface area contributed by atoms with Crippen molar-refractivity contribution in [1.29, 1.82) is 0 Å². The van der Waals surface area contributed by atoms with Crippen molar-refractivity contribution in [1.82, 2.24) is 20.2 Å². The lowest BCUT2D eigenvalue weighted by Crippen LogP contribution is -2.27. The molecular weight excluding hydrogens is 470 g/mol. The maximum absolute atomic E-state index is 12.5. The van der Waals surface area contributed by atoms with Gasteiger partial charge in [0.15, 0.2) is 11.0 Å². The second-order valence-electron chi connectivity index (χ2n) is 7.64. The second-order valence-corrected chi connectivity index (χ2v) is 9.38. The highest BCUT2D eigenvalue weighted by Gasteiger charge is 2.19. The Bertz CT molecular complexity index is 1130. The predicted octanol–water partition coefficient (Wildman–Crippen LogP) is 4.43. The van der Waals surface area contributed by atoms with Crippen LogP contribution >= 0.6 is 23.4 Å². The Morgan fingerprint density at radius 3 is 2.56 bits per heavy atom. The number of hydrazone groups is 1. The van der Waals surface area contributed by atoms with Gasteiger partial charge in [-0.1, -0.05) is 41.6 Å². The number of aromatic nitrogens is 3. The van der Waals surface area contributed by atoms with Gasteiger partial charge in [0.2, 0.25) is 0 Å². The molecule has 8 nitrogen and oxygen atoms in total. The zero-order valence-corrected chi connectivity index (χ0v) is 21.0. The van der Waals surface area contributed by atoms with Crippen molar-refractivity contribution >= 4 is 46.9 Å². The molecule has 34 heavy (non-hydrogen) atoms. The van der Waals surface area contributed by atoms with Crippen LogP contribution in [0.5, 0.6) is 0 Å². The van der Waals surface area contributed by atoms with Crippen LogP contribution in [0.25, 0.3) is 0 Å². The molecule has 0 spiro atoms. The largest absolute Gasteiger partial charge is 0.378 e. The van der Waals surface area contributed by atoms with E-state index in [9.17, 15) is 4.79 Å². The number of rotatable bonds is 11. The minimum Gasteiger partial charge on any atom is -0.378 e. The molecule has 10 heteroatoms. The Labute approximate surface area is 209 Å². The second kappa shape index (κ2) is 12.2. The Morgan fingerprint density at radius 1 is 1.21 bits per heavy atom. The van der Waals surface area contributed by atoms with Crippen molar-refractivity contribution in [2.45, 2.75) is 30.4 Å². The van der Waals surface area contributed by atoms with Gasteiger partial charge >= 0.3 is 0 Å². The molecule has 3 rings (SSSR count). The standard InChI is InChI=1S/C24H28ClN7OS/c1-5-14-32-22(16-26-20-10-8-19(25)9-11-20)28-30-24(32)34-17(2)23(33)29-27-15-18-6-12-21(13-7-18)31(3)4/h5-13,15,17,26H,1,14,16H2,2-4H3,(H,29,33)/b27-15+. The van der Waals surface area contributed by atoms with Crippen LogP contribution in [0.4, 0.5) is 11.4 Å². The SMILES string of the molecule is C=CCn1c(CNc2ccc(Cl)cc2)nnc1SC(C)C(=O)N/N=C/c1ccc(N(C)C)cc1. The minimum absolute atomic E-state index is 0.222. The molecule has 1 heterocycles. The summed E-state index contributed by atoms with van der Waals surface area (Å²) < 4.78 is 1.93. The maximum Gasteiger partial charge on any atom is 0.253 e. The van der Waals surface area contributed by atoms with Gasteiger partial charge in [0, 0.05) is 37.0 Å². The van der Waals surface area contributed by atoms with Gasteiger partial charge in [0.25, 0.3) is 5.91 Å². The molecule has 0 aliphatic heterocycles. The molecule has 0 bridgehead atoms. The third-order valence-electron chi connectivity index (χ3n) is 4.85. The minimum atomic E-state index is -0.418. The number of thioether (sulfide) groups is 1. The highest BCUT2D eigenvalue weighted by Crippen LogP contribution is 2.23. The smallest absolute Gasteiger partial charge is 0.253 e. The molecule has 0 fully saturated rings. The molecule has 2 N–H and O–H groups in total. The number of nitrogens with one attached hydrogen (secondary N) is 2. The molecule has 1 unspecified atom stereocenters. The van der Waals surface area contributed by atoms with Crippen molar-refractivity contribution in [3.63, 3.8) is 0 Å². The van der Waals surface area contributed by atoms with E-state index in [1.165, 1.54) is 11.8 Å². The first-order valence-electron chi connectivity index (χ1n) is 10.7. The molecule has 0 saturated heterocycles. The molecular formula is C24H28ClN7OS. The molecule has 1 atom stereocenters. The van der Waals surface area contributed by atoms with Crippen LogP contribution in [0, 0.1) is 0 Å². The number of amides is 1. The van der Waals surface area contributed by atoms with Crippen LogP contribution in [-0.4, -0.2) is 46.2 Å². The lowest BCUT2D eigenvalue weighted by atomic mass is 10.2. The normalized spacial score (nSPS) is 11.9. The van der Waals surface area contributed by atoms with E-state index in [1.807, 2.05) is 72.1 Å². The Balaban J connectivity index is 1.58. The first-order valence-corrected chi connectivity index (χ1v) is 11.9. The number of halogens is 1. The van der Waals surface area contributed by atoms with E-state index in [-0.39, 0.29) is 5.91 Å². The summed E-state index contributed by atoms with van der Waals surface area (Å²) in [5.41, 5.74) is 5.51. The number of carbonyl (C=O) groups excluding carboxylic acids is 1. The Hall–Kier alpha value is -3.30. The fourth-order valence-electron chi connectivity index (χ4n) is 2.93. The molecule has 1 aromatic heterocycles. The van der Waals surface area contributed by atoms with E-state index in [0.29, 0.717) is 23.3 Å². The summed E-state index contributed by atoms with van der Waals surface area (Å²) in [7, 11) is 3.97. The van der Waals surface area contributed by atoms with Crippen LogP contribution in [0.3, 0.4) is 0 Å². The van der Waals surface area contributed by atoms with Gasteiger partial charge in [-0.2, -0.15) is 5.10 Å². The topological polar surface area (TPSA) is 87.4 Å². The van der Waals surface area contributed by atoms with Crippen molar-refractivity contribution in [3.05, 3.63) is 77.6 Å². The van der Waals surface area contributed by atoms with E-state index in [2.05, 4.69) is 32.6 Å². The van der Waals surface area contributed by atoms with Crippen LogP contribution < -0.4 is 15.6 Å². The van der Waals surface area contributed by atoms with Gasteiger partial charge in [-0.25, -0.2) is 5.43 Å². The predicted molar refractivity (Wildman–Crippen MR) is 141 cm³/mol. The van der Waals surface area contributed by atoms with Crippen molar-refractivity contribution < 1.29 is 4.79 Å². The summed E-state index contributed by atoms with van der Waals surface area (Å²) in [5, 5.41) is 16.9. The van der Waals surface area contributed by atoms with Crippen molar-refractivity contribution in [3.8, 4) is 0 Å². The Morgan fingerprint density at radius 2 is 1.91 bits per heavy atom. The zero-order chi connectivity index (χ0) is 24.5. The van der Waals surface area contributed by atoms with Gasteiger partial charge in [0.1, 0.15) is 0 Å². The number of allylic oxidation sites excluding steroid dienone is 1. The van der Waals surface area contributed by atoms with E-state index >= 15 is 0 Å². The first kappa shape index (κ1) is 25.3. The van der Waals surface area contributed by atoms with Crippen LogP contribution in [0.1, 0.15) is 18.3 Å². The van der Waals surface area contributed by atoms with E-state index < -0.39 is 5.25 Å². The number of hydrogen-bond donors (Lipinski definition) is 2. The van der Waals surface area contributed by atoms with Crippen LogP contribution in [0.2, 0.25) is 5.02 Å². The molecule has 3 aromatic rings. The van der Waals surface area contributed by atoms with Gasteiger partial charge in [-0.3, -0.25) is 4.79 Å². The molecule has 1 amide bonds. The van der Waals surface area contributed by atoms with E-state index in [4.69, 9.17) is 11.6 Å².